The fraction of sp³-hybridized carbons (Fsp3) is 0. The van der Waals surface area contributed by atoms with Gasteiger partial charge in [0.15, 0.2) is 0 Å². The van der Waals surface area contributed by atoms with Crippen molar-refractivity contribution in [2.24, 2.45) is 0 Å². The summed E-state index contributed by atoms with van der Waals surface area (Å²) in [6.07, 6.45) is 0. The fourth-order valence-electron chi connectivity index (χ4n) is 0.719. The van der Waals surface area contributed by atoms with Crippen LogP contribution in [0.5, 0.6) is 0 Å². The van der Waals surface area contributed by atoms with E-state index < -0.39 is 4.92 Å². The van der Waals surface area contributed by atoms with Crippen molar-refractivity contribution >= 4 is 11.4 Å². The zero-order chi connectivity index (χ0) is 8.27. The molecule has 58 valence electrons. The van der Waals surface area contributed by atoms with Crippen LogP contribution >= 0.6 is 0 Å². The van der Waals surface area contributed by atoms with E-state index in [1.165, 1.54) is 23.7 Å². The molecule has 5 heteroatoms. The molecule has 0 fully saturated rings. The molecule has 11 heavy (non-hydrogen) atoms. The number of nitrogens with one attached hydrogen (secondary N) is 1. The molecule has 0 radical (unpaired) electrons. The second-order valence-electron chi connectivity index (χ2n) is 1.88. The van der Waals surface area contributed by atoms with Crippen LogP contribution in [0.15, 0.2) is 24.3 Å². The Morgan fingerprint density at radius 2 is 2.00 bits per heavy atom. The monoisotopic (exact) mass is 153 g/mol. The quantitative estimate of drug-likeness (QED) is 0.515. The van der Waals surface area contributed by atoms with Gasteiger partial charge in [-0.1, -0.05) is 12.1 Å². The predicted molar refractivity (Wildman–Crippen MR) is 40.1 cm³/mol. The fourth-order valence-corrected chi connectivity index (χ4v) is 0.719. The molecule has 1 N–H and O–H groups in total. The van der Waals surface area contributed by atoms with Crippen molar-refractivity contribution in [3.8, 4) is 0 Å². The van der Waals surface area contributed by atoms with E-state index in [0.29, 0.717) is 0 Å². The highest BCUT2D eigenvalue weighted by molar-refractivity contribution is 5.61. The van der Waals surface area contributed by atoms with Crippen molar-refractivity contribution in [2.75, 3.05) is 5.48 Å². The Labute approximate surface area is 62.4 Å². The number of para-hydroxylation sites is 2. The SMILES string of the molecule is O=[N+]([O-])c1ccccc1N[O-]. The van der Waals surface area contributed by atoms with E-state index in [4.69, 9.17) is 0 Å². The lowest BCUT2D eigenvalue weighted by Crippen LogP contribution is -1.93. The molecule has 5 nitrogen and oxygen atoms in total. The van der Waals surface area contributed by atoms with Crippen LogP contribution in [-0.2, 0) is 0 Å². The van der Waals surface area contributed by atoms with Gasteiger partial charge < -0.3 is 10.7 Å². The van der Waals surface area contributed by atoms with Crippen LogP contribution in [0.2, 0.25) is 0 Å². The number of nitro groups is 1. The zero-order valence-corrected chi connectivity index (χ0v) is 5.48. The number of benzene rings is 1. The van der Waals surface area contributed by atoms with Crippen LogP contribution in [0.1, 0.15) is 0 Å². The molecule has 1 aromatic carbocycles. The summed E-state index contributed by atoms with van der Waals surface area (Å²) in [7, 11) is 0. The van der Waals surface area contributed by atoms with Crippen molar-refractivity contribution in [1.82, 2.24) is 0 Å². The van der Waals surface area contributed by atoms with Gasteiger partial charge in [-0.15, -0.1) is 0 Å². The molecule has 0 spiro atoms. The van der Waals surface area contributed by atoms with Gasteiger partial charge in [-0.3, -0.25) is 10.1 Å². The maximum atomic E-state index is 10.2. The van der Waals surface area contributed by atoms with Gasteiger partial charge in [0.1, 0.15) is 5.69 Å². The number of rotatable bonds is 2. The molecule has 0 aromatic heterocycles. The highest BCUT2D eigenvalue weighted by Gasteiger charge is 2.07. The molecule has 0 saturated heterocycles. The van der Waals surface area contributed by atoms with E-state index in [1.54, 1.807) is 6.07 Å². The van der Waals surface area contributed by atoms with E-state index in [-0.39, 0.29) is 11.4 Å². The van der Waals surface area contributed by atoms with Gasteiger partial charge in [-0.05, 0) is 6.07 Å². The first-order valence-corrected chi connectivity index (χ1v) is 2.87. The highest BCUT2D eigenvalue weighted by Crippen LogP contribution is 2.22. The van der Waals surface area contributed by atoms with Gasteiger partial charge in [0, 0.05) is 6.07 Å². The summed E-state index contributed by atoms with van der Waals surface area (Å²) in [4.78, 5) is 9.60. The summed E-state index contributed by atoms with van der Waals surface area (Å²) in [5.74, 6) is 0. The number of hydrogen-bond donors (Lipinski definition) is 1. The molecule has 1 rings (SSSR count). The van der Waals surface area contributed by atoms with Gasteiger partial charge >= 0.3 is 0 Å². The van der Waals surface area contributed by atoms with Crippen LogP contribution in [0.25, 0.3) is 0 Å². The third-order valence-electron chi connectivity index (χ3n) is 1.21. The lowest BCUT2D eigenvalue weighted by Gasteiger charge is -2.07. The van der Waals surface area contributed by atoms with Gasteiger partial charge in [0.25, 0.3) is 5.69 Å². The van der Waals surface area contributed by atoms with Gasteiger partial charge in [0.2, 0.25) is 0 Å². The molecule has 1 aromatic rings. The molecule has 0 aliphatic carbocycles. The maximum Gasteiger partial charge on any atom is 0.291 e. The largest absolute Gasteiger partial charge is 0.761 e. The van der Waals surface area contributed by atoms with Crippen molar-refractivity contribution in [3.05, 3.63) is 39.6 Å². The Morgan fingerprint density at radius 3 is 2.45 bits per heavy atom. The second-order valence-corrected chi connectivity index (χ2v) is 1.88. The van der Waals surface area contributed by atoms with E-state index >= 15 is 0 Å². The standard InChI is InChI=1S/C6H5N2O3/c9-7-5-3-1-2-4-6(5)8(10)11/h1-4,7H/q-1. The second kappa shape index (κ2) is 2.98. The van der Waals surface area contributed by atoms with Crippen LogP contribution in [0, 0.1) is 15.3 Å². The third-order valence-corrected chi connectivity index (χ3v) is 1.21. The minimum absolute atomic E-state index is 0.0162. The van der Waals surface area contributed by atoms with Crippen LogP contribution in [0.4, 0.5) is 11.4 Å². The van der Waals surface area contributed by atoms with Crippen molar-refractivity contribution < 1.29 is 4.92 Å². The number of nitro benzene ring substituents is 1. The first kappa shape index (κ1) is 7.49. The first-order valence-electron chi connectivity index (χ1n) is 2.87. The maximum absolute atomic E-state index is 10.2. The van der Waals surface area contributed by atoms with Crippen LogP contribution in [0.3, 0.4) is 0 Å². The minimum atomic E-state index is -0.611. The smallest absolute Gasteiger partial charge is 0.291 e. The molecule has 0 atom stereocenters. The van der Waals surface area contributed by atoms with E-state index in [2.05, 4.69) is 0 Å². The first-order chi connectivity index (χ1) is 5.25. The summed E-state index contributed by atoms with van der Waals surface area (Å²) in [5, 5.41) is 20.3. The Kier molecular flexibility index (Phi) is 2.03. The predicted octanol–water partition coefficient (Wildman–Crippen LogP) is 1.50. The Bertz CT molecular complexity index is 274. The van der Waals surface area contributed by atoms with Gasteiger partial charge in [0.05, 0.1) is 4.92 Å². The molecular weight excluding hydrogens is 148 g/mol. The van der Waals surface area contributed by atoms with Crippen LogP contribution < -0.4 is 5.48 Å². The molecule has 0 heterocycles. The average molecular weight is 153 g/mol. The summed E-state index contributed by atoms with van der Waals surface area (Å²) in [6.45, 7) is 0. The molecular formula is C6H5N2O3-. The van der Waals surface area contributed by atoms with Gasteiger partial charge in [-0.2, -0.15) is 0 Å². The lowest BCUT2D eigenvalue weighted by atomic mass is 10.3. The van der Waals surface area contributed by atoms with E-state index in [1.807, 2.05) is 0 Å². The summed E-state index contributed by atoms with van der Waals surface area (Å²) in [6, 6.07) is 5.66. The topological polar surface area (TPSA) is 78.2 Å². The number of nitrogens with zero attached hydrogens (tertiary/aromatic N) is 1. The number of hydrogen-bond acceptors (Lipinski definition) is 4. The average Bonchev–Trinajstić information content (AvgIpc) is 2.04. The zero-order valence-electron chi connectivity index (χ0n) is 5.48. The molecule has 0 aliphatic heterocycles. The minimum Gasteiger partial charge on any atom is -0.761 e. The highest BCUT2D eigenvalue weighted by atomic mass is 16.6. The molecule has 0 saturated carbocycles. The van der Waals surface area contributed by atoms with Crippen molar-refractivity contribution in [3.63, 3.8) is 0 Å². The molecule has 0 aliphatic rings. The summed E-state index contributed by atoms with van der Waals surface area (Å²) in [5.41, 5.74) is 1.26. The Morgan fingerprint density at radius 1 is 1.36 bits per heavy atom. The Hall–Kier alpha value is -1.62. The lowest BCUT2D eigenvalue weighted by molar-refractivity contribution is -0.383. The van der Waals surface area contributed by atoms with Gasteiger partial charge in [-0.25, -0.2) is 0 Å². The van der Waals surface area contributed by atoms with Crippen molar-refractivity contribution in [1.29, 1.82) is 0 Å². The third kappa shape index (κ3) is 1.44. The normalized spacial score (nSPS) is 9.18. The molecule has 0 unspecified atom stereocenters. The van der Waals surface area contributed by atoms with E-state index in [0.717, 1.165) is 0 Å². The van der Waals surface area contributed by atoms with Crippen molar-refractivity contribution in [2.45, 2.75) is 0 Å². The van der Waals surface area contributed by atoms with E-state index in [9.17, 15) is 15.3 Å². The van der Waals surface area contributed by atoms with Crippen LogP contribution in [-0.4, -0.2) is 4.92 Å². The summed E-state index contributed by atoms with van der Waals surface area (Å²) >= 11 is 0. The molecule has 0 amide bonds. The summed E-state index contributed by atoms with van der Waals surface area (Å²) < 4.78 is 0. The Balaban J connectivity index is 3.12. The number of anilines is 1. The molecule has 0 bridgehead atoms.